The first kappa shape index (κ1) is 16.7. The second-order valence-corrected chi connectivity index (χ2v) is 2.83. The molecule has 16 heavy (non-hydrogen) atoms. The molecule has 0 unspecified atom stereocenters. The molecule has 0 bridgehead atoms. The van der Waals surface area contributed by atoms with Gasteiger partial charge in [-0.3, -0.25) is 9.68 Å². The highest BCUT2D eigenvalue weighted by molar-refractivity contribution is 5.93. The molecular weight excluding hydrogens is 216 g/mol. The molecule has 0 aromatic carbocycles. The fourth-order valence-electron chi connectivity index (χ4n) is 0.357. The van der Waals surface area contributed by atoms with Crippen molar-refractivity contribution in [1.29, 1.82) is 0 Å². The summed E-state index contributed by atoms with van der Waals surface area (Å²) in [5.41, 5.74) is 0.176. The molecule has 0 aliphatic carbocycles. The predicted octanol–water partition coefficient (Wildman–Crippen LogP) is 1.11. The van der Waals surface area contributed by atoms with Crippen LogP contribution in [0.2, 0.25) is 0 Å². The molecule has 0 saturated carbocycles. The van der Waals surface area contributed by atoms with E-state index in [-0.39, 0.29) is 17.8 Å². The number of carbonyl (C=O) groups is 3. The fourth-order valence-corrected chi connectivity index (χ4v) is 0.357. The molecule has 1 N–H and O–H groups in total. The van der Waals surface area contributed by atoms with Crippen LogP contribution in [0.4, 0.5) is 0 Å². The van der Waals surface area contributed by atoms with Crippen LogP contribution in [0.25, 0.3) is 0 Å². The summed E-state index contributed by atoms with van der Waals surface area (Å²) in [6, 6.07) is 0. The van der Waals surface area contributed by atoms with Crippen molar-refractivity contribution in [1.82, 2.24) is 0 Å². The minimum Gasteiger partial charge on any atom is -0.478 e. The Balaban J connectivity index is 0. The van der Waals surface area contributed by atoms with Gasteiger partial charge in [0.25, 0.3) is 0 Å². The van der Waals surface area contributed by atoms with Crippen molar-refractivity contribution in [3.63, 3.8) is 0 Å². The molecular formula is C10H16O6. The first-order valence-electron chi connectivity index (χ1n) is 4.51. The zero-order valence-corrected chi connectivity index (χ0v) is 9.61. The Kier molecular flexibility index (Phi) is 10.3. The topological polar surface area (TPSA) is 89.9 Å². The van der Waals surface area contributed by atoms with Gasteiger partial charge in [-0.05, 0) is 20.8 Å². The summed E-state index contributed by atoms with van der Waals surface area (Å²) >= 11 is 0. The van der Waals surface area contributed by atoms with Crippen molar-refractivity contribution in [3.05, 3.63) is 12.2 Å². The standard InChI is InChI=1S/C6H10O4.C4H6O2/c1-3-9-10-6(8)4-5(2)7;1-3(2)4(5)6/h3-4H2,1-2H3;1H2,2H3,(H,5,6). The first-order chi connectivity index (χ1) is 7.31. The Labute approximate surface area is 93.8 Å². The average molecular weight is 232 g/mol. The lowest BCUT2D eigenvalue weighted by Crippen LogP contribution is -2.09. The van der Waals surface area contributed by atoms with E-state index in [1.165, 1.54) is 13.8 Å². The van der Waals surface area contributed by atoms with Crippen LogP contribution in [0, 0.1) is 0 Å². The Morgan fingerprint density at radius 2 is 1.69 bits per heavy atom. The highest BCUT2D eigenvalue weighted by Crippen LogP contribution is 1.88. The summed E-state index contributed by atoms with van der Waals surface area (Å²) in [5.74, 6) is -1.81. The van der Waals surface area contributed by atoms with Gasteiger partial charge in [0.1, 0.15) is 12.2 Å². The minimum absolute atomic E-state index is 0.176. The molecule has 0 heterocycles. The second kappa shape index (κ2) is 9.85. The van der Waals surface area contributed by atoms with Crippen LogP contribution in [0.5, 0.6) is 0 Å². The fraction of sp³-hybridized carbons (Fsp3) is 0.500. The zero-order chi connectivity index (χ0) is 13.1. The number of carboxylic acid groups (broad SMARTS) is 1. The van der Waals surface area contributed by atoms with E-state index in [0.717, 1.165) is 0 Å². The quantitative estimate of drug-likeness (QED) is 0.330. The molecule has 0 saturated heterocycles. The largest absolute Gasteiger partial charge is 0.478 e. The van der Waals surface area contributed by atoms with E-state index in [4.69, 9.17) is 5.11 Å². The maximum absolute atomic E-state index is 10.4. The lowest BCUT2D eigenvalue weighted by atomic mass is 10.3. The third-order valence-electron chi connectivity index (χ3n) is 1.03. The van der Waals surface area contributed by atoms with E-state index < -0.39 is 11.9 Å². The van der Waals surface area contributed by atoms with Gasteiger partial charge in [0, 0.05) is 5.57 Å². The minimum atomic E-state index is -0.935. The van der Waals surface area contributed by atoms with Crippen LogP contribution in [-0.4, -0.2) is 29.4 Å². The number of ketones is 1. The number of rotatable bonds is 5. The molecule has 0 spiro atoms. The van der Waals surface area contributed by atoms with Crippen LogP contribution in [0.15, 0.2) is 12.2 Å². The van der Waals surface area contributed by atoms with Crippen LogP contribution in [-0.2, 0) is 24.2 Å². The van der Waals surface area contributed by atoms with Crippen LogP contribution in [0.1, 0.15) is 27.2 Å². The Morgan fingerprint density at radius 1 is 1.25 bits per heavy atom. The number of carbonyl (C=O) groups excluding carboxylic acids is 2. The molecule has 0 atom stereocenters. The van der Waals surface area contributed by atoms with Gasteiger partial charge in [-0.1, -0.05) is 6.58 Å². The maximum atomic E-state index is 10.4. The smallest absolute Gasteiger partial charge is 0.349 e. The summed E-state index contributed by atoms with van der Waals surface area (Å²) in [6.45, 7) is 7.89. The van der Waals surface area contributed by atoms with Crippen LogP contribution < -0.4 is 0 Å². The highest BCUT2D eigenvalue weighted by Gasteiger charge is 2.05. The van der Waals surface area contributed by atoms with E-state index in [1.807, 2.05) is 0 Å². The normalized spacial score (nSPS) is 8.44. The Morgan fingerprint density at radius 3 is 1.94 bits per heavy atom. The van der Waals surface area contributed by atoms with Crippen LogP contribution >= 0.6 is 0 Å². The Bertz CT molecular complexity index is 256. The molecule has 0 aliphatic heterocycles. The monoisotopic (exact) mass is 232 g/mol. The van der Waals surface area contributed by atoms with Crippen molar-refractivity contribution < 1.29 is 29.3 Å². The van der Waals surface area contributed by atoms with Crippen molar-refractivity contribution >= 4 is 17.7 Å². The third kappa shape index (κ3) is 14.8. The molecule has 6 heteroatoms. The highest BCUT2D eigenvalue weighted by atomic mass is 17.2. The molecule has 92 valence electrons. The number of Topliss-reactive ketones (excluding diaryl/α,β-unsaturated/α-hetero) is 1. The van der Waals surface area contributed by atoms with Gasteiger partial charge in [0.2, 0.25) is 0 Å². The lowest BCUT2D eigenvalue weighted by molar-refractivity contribution is -0.269. The van der Waals surface area contributed by atoms with Gasteiger partial charge < -0.3 is 5.11 Å². The number of aliphatic carboxylic acids is 1. The van der Waals surface area contributed by atoms with E-state index in [9.17, 15) is 14.4 Å². The number of hydrogen-bond acceptors (Lipinski definition) is 5. The SMILES string of the molecule is C=C(C)C(=O)O.CCOOC(=O)CC(C)=O. The summed E-state index contributed by atoms with van der Waals surface area (Å²) in [7, 11) is 0. The summed E-state index contributed by atoms with van der Waals surface area (Å²) < 4.78 is 0. The molecule has 0 rings (SSSR count). The molecule has 0 aromatic heterocycles. The van der Waals surface area contributed by atoms with Crippen molar-refractivity contribution in [3.8, 4) is 0 Å². The van der Waals surface area contributed by atoms with E-state index in [1.54, 1.807) is 6.92 Å². The third-order valence-corrected chi connectivity index (χ3v) is 1.03. The van der Waals surface area contributed by atoms with Gasteiger partial charge in [-0.15, -0.1) is 0 Å². The van der Waals surface area contributed by atoms with Gasteiger partial charge in [0.05, 0.1) is 6.61 Å². The first-order valence-corrected chi connectivity index (χ1v) is 4.51. The van der Waals surface area contributed by atoms with Gasteiger partial charge in [-0.25, -0.2) is 9.59 Å². The van der Waals surface area contributed by atoms with Crippen molar-refractivity contribution in [2.75, 3.05) is 6.61 Å². The van der Waals surface area contributed by atoms with Crippen molar-refractivity contribution in [2.24, 2.45) is 0 Å². The van der Waals surface area contributed by atoms with E-state index >= 15 is 0 Å². The van der Waals surface area contributed by atoms with Gasteiger partial charge >= 0.3 is 11.9 Å². The number of hydrogen-bond donors (Lipinski definition) is 1. The molecule has 0 aromatic rings. The summed E-state index contributed by atoms with van der Waals surface area (Å²) in [4.78, 5) is 38.7. The van der Waals surface area contributed by atoms with E-state index in [2.05, 4.69) is 16.4 Å². The summed E-state index contributed by atoms with van der Waals surface area (Å²) in [5, 5.41) is 7.89. The predicted molar refractivity (Wildman–Crippen MR) is 55.5 cm³/mol. The molecule has 6 nitrogen and oxygen atoms in total. The maximum Gasteiger partial charge on any atom is 0.349 e. The summed E-state index contributed by atoms with van der Waals surface area (Å²) in [6.07, 6.45) is -0.222. The molecule has 0 radical (unpaired) electrons. The lowest BCUT2D eigenvalue weighted by Gasteiger charge is -1.97. The zero-order valence-electron chi connectivity index (χ0n) is 9.61. The second-order valence-electron chi connectivity index (χ2n) is 2.83. The molecule has 0 aliphatic rings. The van der Waals surface area contributed by atoms with E-state index in [0.29, 0.717) is 6.61 Å². The molecule has 0 amide bonds. The number of carboxylic acids is 1. The van der Waals surface area contributed by atoms with Gasteiger partial charge in [0.15, 0.2) is 0 Å². The Hall–Kier alpha value is -1.69. The van der Waals surface area contributed by atoms with Crippen molar-refractivity contribution in [2.45, 2.75) is 27.2 Å². The average Bonchev–Trinajstić information content (AvgIpc) is 2.14. The van der Waals surface area contributed by atoms with Gasteiger partial charge in [-0.2, -0.15) is 4.89 Å². The molecule has 0 fully saturated rings. The van der Waals surface area contributed by atoms with Crippen LogP contribution in [0.3, 0.4) is 0 Å².